The Labute approximate surface area is 255 Å². The summed E-state index contributed by atoms with van der Waals surface area (Å²) in [6.45, 7) is 1.49. The number of nitrogens with one attached hydrogen (secondary N) is 2. The Morgan fingerprint density at radius 2 is 1.69 bits per heavy atom. The van der Waals surface area contributed by atoms with Crippen LogP contribution in [0.3, 0.4) is 0 Å². The van der Waals surface area contributed by atoms with Crippen LogP contribution in [0.4, 0.5) is 13.2 Å². The van der Waals surface area contributed by atoms with Crippen molar-refractivity contribution in [3.8, 4) is 22.5 Å². The fourth-order valence-electron chi connectivity index (χ4n) is 5.67. The van der Waals surface area contributed by atoms with Gasteiger partial charge in [-0.05, 0) is 104 Å². The summed E-state index contributed by atoms with van der Waals surface area (Å²) in [6, 6.07) is 18.2. The third-order valence-electron chi connectivity index (χ3n) is 8.31. The normalized spacial score (nSPS) is 13.6. The SMILES string of the molecule is CNC(=O)c1c(-c2ccc(F)cc2)oc2ccc(-c3cc(C(=O)NC4(c5ccc6cccnc6n5)CC4)cc(F)c3C)c(F)c12. The number of hydrogen-bond donors (Lipinski definition) is 2. The highest BCUT2D eigenvalue weighted by Crippen LogP contribution is 2.45. The Balaban J connectivity index is 1.29. The minimum Gasteiger partial charge on any atom is -0.455 e. The minimum absolute atomic E-state index is 0.00325. The molecule has 0 unspecified atom stereocenters. The molecule has 1 aliphatic carbocycles. The van der Waals surface area contributed by atoms with Gasteiger partial charge < -0.3 is 15.1 Å². The molecule has 0 atom stereocenters. The molecule has 0 spiro atoms. The maximum absolute atomic E-state index is 16.4. The Hall–Kier alpha value is -5.51. The van der Waals surface area contributed by atoms with E-state index in [4.69, 9.17) is 4.42 Å². The molecule has 2 N–H and O–H groups in total. The molecule has 7 rings (SSSR count). The van der Waals surface area contributed by atoms with Crippen molar-refractivity contribution in [1.82, 2.24) is 20.6 Å². The second kappa shape index (κ2) is 10.6. The van der Waals surface area contributed by atoms with Crippen molar-refractivity contribution in [3.05, 3.63) is 119 Å². The fraction of sp³-hybridized carbons (Fsp3) is 0.143. The van der Waals surface area contributed by atoms with E-state index >= 15 is 8.78 Å². The number of nitrogens with zero attached hydrogens (tertiary/aromatic N) is 2. The number of rotatable bonds is 6. The molecule has 224 valence electrons. The monoisotopic (exact) mass is 606 g/mol. The number of furan rings is 1. The highest BCUT2D eigenvalue weighted by Gasteiger charge is 2.47. The molecular formula is C35H25F3N4O3. The van der Waals surface area contributed by atoms with E-state index in [2.05, 4.69) is 20.6 Å². The first-order chi connectivity index (χ1) is 21.7. The van der Waals surface area contributed by atoms with Crippen molar-refractivity contribution in [2.45, 2.75) is 25.3 Å². The Bertz CT molecular complexity index is 2170. The number of halogens is 3. The lowest BCUT2D eigenvalue weighted by Crippen LogP contribution is -2.35. The van der Waals surface area contributed by atoms with Crippen LogP contribution in [-0.2, 0) is 5.54 Å². The van der Waals surface area contributed by atoms with E-state index in [1.165, 1.54) is 56.4 Å². The largest absolute Gasteiger partial charge is 0.455 e. The molecule has 0 saturated heterocycles. The topological polar surface area (TPSA) is 97.1 Å². The lowest BCUT2D eigenvalue weighted by molar-refractivity contribution is 0.0927. The standard InChI is InChI=1S/C35H25F3N4O3/c1-18-24(23-10-11-26-28(30(23)38)29(34(44)39-2)31(45-26)19-5-8-22(36)9-6-19)16-21(17-25(18)37)33(43)42-35(13-14-35)27-12-7-20-4-3-15-40-32(20)41-27/h3-12,15-17H,13-14H2,1-2H3,(H,39,44)(H,42,43). The number of amides is 2. The summed E-state index contributed by atoms with van der Waals surface area (Å²) in [4.78, 5) is 35.5. The first kappa shape index (κ1) is 28.3. The number of carbonyl (C=O) groups excluding carboxylic acids is 2. The van der Waals surface area contributed by atoms with Gasteiger partial charge in [0.15, 0.2) is 5.65 Å². The van der Waals surface area contributed by atoms with Gasteiger partial charge in [0.1, 0.15) is 28.8 Å². The van der Waals surface area contributed by atoms with Gasteiger partial charge in [-0.2, -0.15) is 0 Å². The number of carbonyl (C=O) groups is 2. The molecule has 1 saturated carbocycles. The highest BCUT2D eigenvalue weighted by molar-refractivity contribution is 6.12. The molecule has 0 bridgehead atoms. The molecule has 3 aromatic carbocycles. The van der Waals surface area contributed by atoms with Crippen LogP contribution in [0.2, 0.25) is 0 Å². The van der Waals surface area contributed by atoms with Gasteiger partial charge in [0, 0.05) is 35.3 Å². The smallest absolute Gasteiger partial charge is 0.255 e. The van der Waals surface area contributed by atoms with Crippen molar-refractivity contribution >= 4 is 33.8 Å². The van der Waals surface area contributed by atoms with Crippen LogP contribution < -0.4 is 10.6 Å². The van der Waals surface area contributed by atoms with E-state index in [1.54, 1.807) is 6.20 Å². The molecule has 7 nitrogen and oxygen atoms in total. The van der Waals surface area contributed by atoms with Crippen molar-refractivity contribution in [2.24, 2.45) is 0 Å². The zero-order valence-corrected chi connectivity index (χ0v) is 24.2. The second-order valence-electron chi connectivity index (χ2n) is 11.1. The highest BCUT2D eigenvalue weighted by atomic mass is 19.1. The number of fused-ring (bicyclic) bond motifs is 2. The average Bonchev–Trinajstić information content (AvgIpc) is 3.72. The van der Waals surface area contributed by atoms with Gasteiger partial charge in [-0.3, -0.25) is 9.59 Å². The van der Waals surface area contributed by atoms with Crippen LogP contribution in [0, 0.1) is 24.4 Å². The molecule has 0 aliphatic heterocycles. The molecular weight excluding hydrogens is 581 g/mol. The number of aromatic nitrogens is 2. The Morgan fingerprint density at radius 3 is 2.42 bits per heavy atom. The van der Waals surface area contributed by atoms with Crippen LogP contribution in [-0.4, -0.2) is 28.8 Å². The fourth-order valence-corrected chi connectivity index (χ4v) is 5.67. The predicted molar refractivity (Wildman–Crippen MR) is 163 cm³/mol. The number of hydrogen-bond acceptors (Lipinski definition) is 5. The third kappa shape index (κ3) is 4.79. The molecule has 3 heterocycles. The molecule has 1 fully saturated rings. The van der Waals surface area contributed by atoms with Gasteiger partial charge in [0.2, 0.25) is 0 Å². The van der Waals surface area contributed by atoms with Gasteiger partial charge in [0.05, 0.1) is 22.2 Å². The number of benzene rings is 3. The van der Waals surface area contributed by atoms with E-state index in [0.29, 0.717) is 29.7 Å². The summed E-state index contributed by atoms with van der Waals surface area (Å²) in [6.07, 6.45) is 2.94. The quantitative estimate of drug-likeness (QED) is 0.209. The van der Waals surface area contributed by atoms with Gasteiger partial charge in [-0.15, -0.1) is 0 Å². The van der Waals surface area contributed by atoms with Crippen LogP contribution in [0.15, 0.2) is 83.4 Å². The molecule has 2 amide bonds. The van der Waals surface area contributed by atoms with Crippen molar-refractivity contribution in [2.75, 3.05) is 7.05 Å². The summed E-state index contributed by atoms with van der Waals surface area (Å²) in [5.41, 5.74) is 1.11. The van der Waals surface area contributed by atoms with Gasteiger partial charge in [-0.25, -0.2) is 23.1 Å². The summed E-state index contributed by atoms with van der Waals surface area (Å²) < 4.78 is 51.3. The van der Waals surface area contributed by atoms with Crippen LogP contribution in [0.25, 0.3) is 44.5 Å². The maximum atomic E-state index is 16.4. The Kier molecular flexibility index (Phi) is 6.65. The molecule has 10 heteroatoms. The summed E-state index contributed by atoms with van der Waals surface area (Å²) >= 11 is 0. The first-order valence-electron chi connectivity index (χ1n) is 14.3. The molecule has 6 aromatic rings. The molecule has 1 aliphatic rings. The molecule has 45 heavy (non-hydrogen) atoms. The van der Waals surface area contributed by atoms with Crippen molar-refractivity contribution in [3.63, 3.8) is 0 Å². The van der Waals surface area contributed by atoms with Crippen LogP contribution >= 0.6 is 0 Å². The van der Waals surface area contributed by atoms with E-state index < -0.39 is 34.8 Å². The van der Waals surface area contributed by atoms with Crippen molar-refractivity contribution < 1.29 is 27.2 Å². The average molecular weight is 607 g/mol. The molecule has 3 aromatic heterocycles. The Morgan fingerprint density at radius 1 is 0.911 bits per heavy atom. The van der Waals surface area contributed by atoms with E-state index in [1.807, 2.05) is 24.3 Å². The minimum atomic E-state index is -0.824. The van der Waals surface area contributed by atoms with E-state index in [0.717, 1.165) is 11.5 Å². The predicted octanol–water partition coefficient (Wildman–Crippen LogP) is 7.21. The zero-order chi connectivity index (χ0) is 31.5. The van der Waals surface area contributed by atoms with Crippen LogP contribution in [0.5, 0.6) is 0 Å². The first-order valence-corrected chi connectivity index (χ1v) is 14.3. The lowest BCUT2D eigenvalue weighted by atomic mass is 9.94. The van der Waals surface area contributed by atoms with E-state index in [9.17, 15) is 14.0 Å². The summed E-state index contributed by atoms with van der Waals surface area (Å²) in [7, 11) is 1.40. The summed E-state index contributed by atoms with van der Waals surface area (Å²) in [5.74, 6) is -3.10. The third-order valence-corrected chi connectivity index (χ3v) is 8.31. The van der Waals surface area contributed by atoms with Crippen molar-refractivity contribution in [1.29, 1.82) is 0 Å². The van der Waals surface area contributed by atoms with Crippen LogP contribution in [0.1, 0.15) is 44.8 Å². The maximum Gasteiger partial charge on any atom is 0.255 e. The van der Waals surface area contributed by atoms with Gasteiger partial charge in [0.25, 0.3) is 11.8 Å². The molecule has 0 radical (unpaired) electrons. The van der Waals surface area contributed by atoms with E-state index in [-0.39, 0.29) is 44.5 Å². The lowest BCUT2D eigenvalue weighted by Gasteiger charge is -2.18. The summed E-state index contributed by atoms with van der Waals surface area (Å²) in [5, 5.41) is 6.26. The van der Waals surface area contributed by atoms with Gasteiger partial charge >= 0.3 is 0 Å². The number of pyridine rings is 2. The van der Waals surface area contributed by atoms with Gasteiger partial charge in [-0.1, -0.05) is 0 Å². The zero-order valence-electron chi connectivity index (χ0n) is 24.2. The second-order valence-corrected chi connectivity index (χ2v) is 11.1.